The van der Waals surface area contributed by atoms with Crippen LogP contribution in [0.3, 0.4) is 0 Å². The number of hydrogen-bond donors (Lipinski definition) is 1. The molecule has 0 unspecified atom stereocenters. The van der Waals surface area contributed by atoms with Crippen LogP contribution in [-0.4, -0.2) is 0 Å². The summed E-state index contributed by atoms with van der Waals surface area (Å²) in [5.41, 5.74) is 5.93. The molecule has 1 aromatic rings. The van der Waals surface area contributed by atoms with Crippen molar-refractivity contribution in [2.24, 2.45) is 5.73 Å². The zero-order valence-electron chi connectivity index (χ0n) is 8.07. The summed E-state index contributed by atoms with van der Waals surface area (Å²) < 4.78 is 13.2. The van der Waals surface area contributed by atoms with Gasteiger partial charge in [0.2, 0.25) is 0 Å². The maximum absolute atomic E-state index is 13.2. The molecule has 1 nitrogen and oxygen atoms in total. The van der Waals surface area contributed by atoms with E-state index in [9.17, 15) is 4.39 Å². The van der Waals surface area contributed by atoms with Gasteiger partial charge < -0.3 is 5.73 Å². The maximum atomic E-state index is 13.2. The van der Waals surface area contributed by atoms with E-state index in [1.54, 1.807) is 0 Å². The van der Waals surface area contributed by atoms with Gasteiger partial charge in [-0.15, -0.1) is 0 Å². The van der Waals surface area contributed by atoms with Crippen LogP contribution in [0.1, 0.15) is 25.8 Å². The third kappa shape index (κ3) is 2.19. The molecule has 0 heterocycles. The molecule has 0 aliphatic heterocycles. The Morgan fingerprint density at radius 3 is 2.43 bits per heavy atom. The highest BCUT2D eigenvalue weighted by atomic mass is 35.5. The van der Waals surface area contributed by atoms with Gasteiger partial charge in [0.1, 0.15) is 5.82 Å². The quantitative estimate of drug-likeness (QED) is 0.778. The molecule has 1 aromatic carbocycles. The Morgan fingerprint density at radius 2 is 1.93 bits per heavy atom. The van der Waals surface area contributed by atoms with Crippen LogP contribution in [0.15, 0.2) is 12.1 Å². The van der Waals surface area contributed by atoms with Crippen molar-refractivity contribution in [2.45, 2.75) is 25.8 Å². The fourth-order valence-electron chi connectivity index (χ4n) is 1.15. The van der Waals surface area contributed by atoms with E-state index in [0.717, 1.165) is 0 Å². The van der Waals surface area contributed by atoms with Gasteiger partial charge in [-0.1, -0.05) is 30.1 Å². The van der Waals surface area contributed by atoms with Crippen LogP contribution in [0.4, 0.5) is 4.39 Å². The molecule has 1 rings (SSSR count). The van der Waals surface area contributed by atoms with Crippen LogP contribution in [0.2, 0.25) is 10.0 Å². The van der Waals surface area contributed by atoms with Crippen molar-refractivity contribution < 1.29 is 4.39 Å². The van der Waals surface area contributed by atoms with Gasteiger partial charge in [-0.05, 0) is 31.0 Å². The van der Waals surface area contributed by atoms with E-state index in [-0.39, 0.29) is 5.02 Å². The van der Waals surface area contributed by atoms with Crippen molar-refractivity contribution in [3.63, 3.8) is 0 Å². The molecule has 0 saturated carbocycles. The van der Waals surface area contributed by atoms with Gasteiger partial charge in [0.15, 0.2) is 0 Å². The largest absolute Gasteiger partial charge is 0.322 e. The molecule has 78 valence electrons. The molecule has 1 atom stereocenters. The lowest BCUT2D eigenvalue weighted by atomic mass is 9.90. The van der Waals surface area contributed by atoms with Crippen molar-refractivity contribution in [2.75, 3.05) is 0 Å². The average molecular weight is 236 g/mol. The van der Waals surface area contributed by atoms with E-state index < -0.39 is 11.4 Å². The van der Waals surface area contributed by atoms with Gasteiger partial charge in [-0.25, -0.2) is 4.39 Å². The second-order valence-corrected chi connectivity index (χ2v) is 4.33. The minimum absolute atomic E-state index is 0.0191. The van der Waals surface area contributed by atoms with Crippen molar-refractivity contribution >= 4 is 23.2 Å². The average Bonchev–Trinajstić information content (AvgIpc) is 2.11. The SMILES string of the molecule is CC[C@](C)(N)c1cc(F)c(Cl)cc1Cl. The second-order valence-electron chi connectivity index (χ2n) is 3.52. The van der Waals surface area contributed by atoms with E-state index in [1.165, 1.54) is 12.1 Å². The van der Waals surface area contributed by atoms with Gasteiger partial charge >= 0.3 is 0 Å². The first-order valence-electron chi connectivity index (χ1n) is 4.32. The van der Waals surface area contributed by atoms with Gasteiger partial charge in [0.05, 0.1) is 5.02 Å². The Balaban J connectivity index is 3.29. The molecule has 0 aliphatic rings. The van der Waals surface area contributed by atoms with Crippen LogP contribution in [0, 0.1) is 5.82 Å². The molecule has 0 aromatic heterocycles. The Hall–Kier alpha value is -0.310. The third-order valence-electron chi connectivity index (χ3n) is 2.36. The fourth-order valence-corrected chi connectivity index (χ4v) is 1.75. The highest BCUT2D eigenvalue weighted by Gasteiger charge is 2.23. The molecule has 2 N–H and O–H groups in total. The first-order valence-corrected chi connectivity index (χ1v) is 5.08. The smallest absolute Gasteiger partial charge is 0.142 e. The third-order valence-corrected chi connectivity index (χ3v) is 2.96. The first-order chi connectivity index (χ1) is 6.38. The van der Waals surface area contributed by atoms with Gasteiger partial charge in [0.25, 0.3) is 0 Å². The minimum Gasteiger partial charge on any atom is -0.322 e. The van der Waals surface area contributed by atoms with Crippen molar-refractivity contribution in [1.82, 2.24) is 0 Å². The van der Waals surface area contributed by atoms with E-state index in [2.05, 4.69) is 0 Å². The van der Waals surface area contributed by atoms with E-state index >= 15 is 0 Å². The number of benzene rings is 1. The molecule has 0 fully saturated rings. The zero-order chi connectivity index (χ0) is 10.9. The molecule has 0 aliphatic carbocycles. The predicted molar refractivity (Wildman–Crippen MR) is 58.3 cm³/mol. The summed E-state index contributed by atoms with van der Waals surface area (Å²) in [5.74, 6) is -0.490. The second kappa shape index (κ2) is 4.05. The molecule has 4 heteroatoms. The van der Waals surface area contributed by atoms with Gasteiger partial charge in [-0.3, -0.25) is 0 Å². The summed E-state index contributed by atoms with van der Waals surface area (Å²) in [4.78, 5) is 0. The molecule has 0 radical (unpaired) electrons. The molecule has 0 saturated heterocycles. The van der Waals surface area contributed by atoms with Crippen LogP contribution >= 0.6 is 23.2 Å². The molecule has 14 heavy (non-hydrogen) atoms. The normalized spacial score (nSPS) is 15.3. The highest BCUT2D eigenvalue weighted by molar-refractivity contribution is 6.35. The van der Waals surface area contributed by atoms with E-state index in [1.807, 2.05) is 13.8 Å². The zero-order valence-corrected chi connectivity index (χ0v) is 9.58. The van der Waals surface area contributed by atoms with Gasteiger partial charge in [-0.2, -0.15) is 0 Å². The molecular formula is C10H12Cl2FN. The Kier molecular flexibility index (Phi) is 3.40. The van der Waals surface area contributed by atoms with Crippen LogP contribution in [0.25, 0.3) is 0 Å². The summed E-state index contributed by atoms with van der Waals surface area (Å²) in [5, 5.41) is 0.425. The predicted octanol–water partition coefficient (Wildman–Crippen LogP) is 3.72. The summed E-state index contributed by atoms with van der Waals surface area (Å²) in [7, 11) is 0. The van der Waals surface area contributed by atoms with Crippen molar-refractivity contribution in [1.29, 1.82) is 0 Å². The minimum atomic E-state index is -0.623. The lowest BCUT2D eigenvalue weighted by molar-refractivity contribution is 0.472. The molecular weight excluding hydrogens is 224 g/mol. The lowest BCUT2D eigenvalue weighted by Crippen LogP contribution is -2.32. The summed E-state index contributed by atoms with van der Waals surface area (Å²) >= 11 is 11.5. The number of hydrogen-bond acceptors (Lipinski definition) is 1. The van der Waals surface area contributed by atoms with Crippen molar-refractivity contribution in [3.05, 3.63) is 33.6 Å². The number of rotatable bonds is 2. The summed E-state index contributed by atoms with van der Waals surface area (Å²) in [6.45, 7) is 3.73. The van der Waals surface area contributed by atoms with E-state index in [4.69, 9.17) is 28.9 Å². The van der Waals surface area contributed by atoms with E-state index in [0.29, 0.717) is 17.0 Å². The lowest BCUT2D eigenvalue weighted by Gasteiger charge is -2.24. The maximum Gasteiger partial charge on any atom is 0.142 e. The fraction of sp³-hybridized carbons (Fsp3) is 0.400. The summed E-state index contributed by atoms with van der Waals surface area (Å²) in [6, 6.07) is 2.68. The van der Waals surface area contributed by atoms with Crippen LogP contribution < -0.4 is 5.73 Å². The topological polar surface area (TPSA) is 26.0 Å². The van der Waals surface area contributed by atoms with Gasteiger partial charge in [0, 0.05) is 10.6 Å². The Morgan fingerprint density at radius 1 is 1.36 bits per heavy atom. The summed E-state index contributed by atoms with van der Waals surface area (Å²) in [6.07, 6.45) is 0.674. The van der Waals surface area contributed by atoms with Crippen molar-refractivity contribution in [3.8, 4) is 0 Å². The van der Waals surface area contributed by atoms with Crippen LogP contribution in [0.5, 0.6) is 0 Å². The highest BCUT2D eigenvalue weighted by Crippen LogP contribution is 2.32. The number of nitrogens with two attached hydrogens (primary N) is 1. The first kappa shape index (κ1) is 11.8. The standard InChI is InChI=1S/C10H12Cl2FN/c1-3-10(2,14)6-4-9(13)8(12)5-7(6)11/h4-5H,3,14H2,1-2H3/t10-/m0/s1. The Labute approximate surface area is 93.0 Å². The number of halogens is 3. The molecule has 0 amide bonds. The van der Waals surface area contributed by atoms with Crippen LogP contribution in [-0.2, 0) is 5.54 Å². The Bertz CT molecular complexity index is 350. The molecule has 0 spiro atoms. The molecule has 0 bridgehead atoms. The monoisotopic (exact) mass is 235 g/mol.